The van der Waals surface area contributed by atoms with Gasteiger partial charge in [-0.05, 0) is 18.6 Å². The summed E-state index contributed by atoms with van der Waals surface area (Å²) in [6, 6.07) is 11.5. The number of aryl methyl sites for hydroxylation is 1. The first kappa shape index (κ1) is 17.2. The van der Waals surface area contributed by atoms with Crippen molar-refractivity contribution in [2.45, 2.75) is 17.8 Å². The topological polar surface area (TPSA) is 79.4 Å². The molecule has 0 amide bonds. The molecule has 0 aliphatic rings. The van der Waals surface area contributed by atoms with E-state index < -0.39 is 0 Å². The molecule has 0 fully saturated rings. The van der Waals surface area contributed by atoms with E-state index in [9.17, 15) is 4.79 Å². The molecule has 0 aliphatic heterocycles. The maximum atomic E-state index is 12.6. The van der Waals surface area contributed by atoms with Crippen LogP contribution >= 0.6 is 11.8 Å². The summed E-state index contributed by atoms with van der Waals surface area (Å²) in [6.45, 7) is 2.04. The second-order valence-corrected chi connectivity index (χ2v) is 6.51. The van der Waals surface area contributed by atoms with E-state index >= 15 is 0 Å². The molecule has 7 heteroatoms. The van der Waals surface area contributed by atoms with Gasteiger partial charge in [-0.1, -0.05) is 41.6 Å². The van der Waals surface area contributed by atoms with Crippen LogP contribution in [0.1, 0.15) is 11.1 Å². The molecule has 0 saturated carbocycles. The molecule has 0 saturated heterocycles. The van der Waals surface area contributed by atoms with Gasteiger partial charge in [-0.25, -0.2) is 9.66 Å². The number of methoxy groups -OCH3 is 2. The van der Waals surface area contributed by atoms with E-state index in [2.05, 4.69) is 11.1 Å². The number of benzene rings is 2. The van der Waals surface area contributed by atoms with Crippen molar-refractivity contribution < 1.29 is 9.47 Å². The fourth-order valence-electron chi connectivity index (χ4n) is 2.56. The molecule has 0 unspecified atom stereocenters. The van der Waals surface area contributed by atoms with Crippen molar-refractivity contribution in [2.75, 3.05) is 20.1 Å². The van der Waals surface area contributed by atoms with Crippen LogP contribution in [0.5, 0.6) is 11.5 Å². The molecule has 3 rings (SSSR count). The number of ether oxygens (including phenoxy) is 2. The summed E-state index contributed by atoms with van der Waals surface area (Å²) in [4.78, 5) is 17.1. The second-order valence-electron chi connectivity index (χ2n) is 5.57. The third-order valence-corrected chi connectivity index (χ3v) is 4.85. The van der Waals surface area contributed by atoms with Gasteiger partial charge in [-0.15, -0.1) is 0 Å². The van der Waals surface area contributed by atoms with Gasteiger partial charge in [0, 0.05) is 11.8 Å². The summed E-state index contributed by atoms with van der Waals surface area (Å²) in [6.07, 6.45) is 0. The van der Waals surface area contributed by atoms with E-state index in [1.54, 1.807) is 19.2 Å². The van der Waals surface area contributed by atoms with Crippen LogP contribution in [0.2, 0.25) is 0 Å². The maximum absolute atomic E-state index is 12.6. The summed E-state index contributed by atoms with van der Waals surface area (Å²) in [5.74, 6) is 7.61. The van der Waals surface area contributed by atoms with Crippen molar-refractivity contribution in [3.05, 3.63) is 57.9 Å². The highest BCUT2D eigenvalue weighted by molar-refractivity contribution is 7.98. The molecule has 0 radical (unpaired) electrons. The number of nitrogens with two attached hydrogens (primary N) is 1. The predicted molar refractivity (Wildman–Crippen MR) is 100.0 cm³/mol. The Morgan fingerprint density at radius 1 is 1.16 bits per heavy atom. The highest BCUT2D eigenvalue weighted by Gasteiger charge is 2.14. The highest BCUT2D eigenvalue weighted by Crippen LogP contribution is 2.31. The number of hydrogen-bond acceptors (Lipinski definition) is 6. The number of thioether (sulfide) groups is 1. The quantitative estimate of drug-likeness (QED) is 0.430. The van der Waals surface area contributed by atoms with Crippen LogP contribution in [-0.2, 0) is 5.75 Å². The monoisotopic (exact) mass is 357 g/mol. The van der Waals surface area contributed by atoms with Gasteiger partial charge in [0.1, 0.15) is 0 Å². The fourth-order valence-corrected chi connectivity index (χ4v) is 3.42. The van der Waals surface area contributed by atoms with E-state index in [1.165, 1.54) is 24.4 Å². The molecular weight excluding hydrogens is 338 g/mol. The number of rotatable bonds is 5. The van der Waals surface area contributed by atoms with E-state index in [0.29, 0.717) is 33.3 Å². The Balaban J connectivity index is 2.01. The molecule has 25 heavy (non-hydrogen) atoms. The minimum Gasteiger partial charge on any atom is -0.493 e. The van der Waals surface area contributed by atoms with Gasteiger partial charge in [0.2, 0.25) is 0 Å². The summed E-state index contributed by atoms with van der Waals surface area (Å²) in [7, 11) is 3.06. The average molecular weight is 357 g/mol. The number of nitrogens with zero attached hydrogens (tertiary/aromatic N) is 2. The second kappa shape index (κ2) is 7.06. The SMILES string of the molecule is COc1cc2nc(SCc3cccc(C)c3)n(N)c(=O)c2cc1OC. The Bertz CT molecular complexity index is 985. The Hall–Kier alpha value is -2.67. The molecule has 3 aromatic rings. The first-order valence-electron chi connectivity index (χ1n) is 7.65. The molecule has 1 heterocycles. The minimum atomic E-state index is -0.322. The highest BCUT2D eigenvalue weighted by atomic mass is 32.2. The zero-order valence-electron chi connectivity index (χ0n) is 14.3. The fraction of sp³-hybridized carbons (Fsp3) is 0.222. The molecule has 1 aromatic heterocycles. The van der Waals surface area contributed by atoms with Crippen molar-refractivity contribution in [3.8, 4) is 11.5 Å². The van der Waals surface area contributed by atoms with Crippen LogP contribution in [-0.4, -0.2) is 23.9 Å². The van der Waals surface area contributed by atoms with Crippen LogP contribution in [0.3, 0.4) is 0 Å². The zero-order chi connectivity index (χ0) is 18.0. The van der Waals surface area contributed by atoms with Crippen molar-refractivity contribution in [2.24, 2.45) is 0 Å². The normalized spacial score (nSPS) is 10.8. The molecule has 0 atom stereocenters. The Morgan fingerprint density at radius 3 is 2.56 bits per heavy atom. The Labute approximate surface area is 149 Å². The van der Waals surface area contributed by atoms with Crippen molar-refractivity contribution in [1.82, 2.24) is 9.66 Å². The summed E-state index contributed by atoms with van der Waals surface area (Å²) < 4.78 is 11.6. The first-order valence-corrected chi connectivity index (χ1v) is 8.64. The molecule has 6 nitrogen and oxygen atoms in total. The molecule has 0 bridgehead atoms. The number of hydrogen-bond donors (Lipinski definition) is 1. The number of aromatic nitrogens is 2. The van der Waals surface area contributed by atoms with Crippen LogP contribution in [0.15, 0.2) is 46.3 Å². The van der Waals surface area contributed by atoms with Gasteiger partial charge >= 0.3 is 0 Å². The zero-order valence-corrected chi connectivity index (χ0v) is 15.1. The largest absolute Gasteiger partial charge is 0.493 e. The minimum absolute atomic E-state index is 0.322. The van der Waals surface area contributed by atoms with Gasteiger partial charge in [0.15, 0.2) is 16.7 Å². The van der Waals surface area contributed by atoms with Crippen LogP contribution < -0.4 is 20.9 Å². The standard InChI is InChI=1S/C18H19N3O3S/c1-11-5-4-6-12(7-11)10-25-18-20-14-9-16(24-3)15(23-2)8-13(14)17(22)21(18)19/h4-9H,10,19H2,1-3H3. The van der Waals surface area contributed by atoms with Crippen molar-refractivity contribution in [1.29, 1.82) is 0 Å². The maximum Gasteiger partial charge on any atom is 0.280 e. The first-order chi connectivity index (χ1) is 12.0. The number of nitrogen functional groups attached to an aromatic ring is 1. The van der Waals surface area contributed by atoms with E-state index in [-0.39, 0.29) is 5.56 Å². The lowest BCUT2D eigenvalue weighted by molar-refractivity contribution is 0.355. The van der Waals surface area contributed by atoms with Gasteiger partial charge in [0.25, 0.3) is 5.56 Å². The van der Waals surface area contributed by atoms with Crippen LogP contribution in [0.4, 0.5) is 0 Å². The van der Waals surface area contributed by atoms with Crippen molar-refractivity contribution in [3.63, 3.8) is 0 Å². The smallest absolute Gasteiger partial charge is 0.280 e. The number of fused-ring (bicyclic) bond motifs is 1. The lowest BCUT2D eigenvalue weighted by Gasteiger charge is -2.12. The van der Waals surface area contributed by atoms with Gasteiger partial charge in [-0.3, -0.25) is 4.79 Å². The van der Waals surface area contributed by atoms with Gasteiger partial charge < -0.3 is 15.3 Å². The molecule has 130 valence electrons. The Morgan fingerprint density at radius 2 is 1.88 bits per heavy atom. The van der Waals surface area contributed by atoms with Gasteiger partial charge in [-0.2, -0.15) is 0 Å². The lowest BCUT2D eigenvalue weighted by Crippen LogP contribution is -2.29. The molecule has 0 spiro atoms. The van der Waals surface area contributed by atoms with Crippen molar-refractivity contribution >= 4 is 22.7 Å². The molecular formula is C18H19N3O3S. The van der Waals surface area contributed by atoms with E-state index in [0.717, 1.165) is 10.2 Å². The lowest BCUT2D eigenvalue weighted by atomic mass is 10.2. The van der Waals surface area contributed by atoms with Crippen LogP contribution in [0, 0.1) is 6.92 Å². The van der Waals surface area contributed by atoms with Crippen LogP contribution in [0.25, 0.3) is 10.9 Å². The average Bonchev–Trinajstić information content (AvgIpc) is 2.62. The molecule has 2 aromatic carbocycles. The molecule has 0 aliphatic carbocycles. The predicted octanol–water partition coefficient (Wildman–Crippen LogP) is 2.73. The summed E-state index contributed by atoms with van der Waals surface area (Å²) in [5.41, 5.74) is 2.53. The van der Waals surface area contributed by atoms with E-state index in [1.807, 2.05) is 25.1 Å². The molecule has 2 N–H and O–H groups in total. The van der Waals surface area contributed by atoms with E-state index in [4.69, 9.17) is 15.3 Å². The third-order valence-electron chi connectivity index (χ3n) is 3.82. The third kappa shape index (κ3) is 3.41. The van der Waals surface area contributed by atoms with Gasteiger partial charge in [0.05, 0.1) is 25.1 Å². The Kier molecular flexibility index (Phi) is 4.85. The summed E-state index contributed by atoms with van der Waals surface area (Å²) >= 11 is 1.42. The summed E-state index contributed by atoms with van der Waals surface area (Å²) in [5, 5.41) is 0.839.